The fourth-order valence-electron chi connectivity index (χ4n) is 3.44. The van der Waals surface area contributed by atoms with E-state index in [0.29, 0.717) is 12.1 Å². The molecule has 156 valence electrons. The number of carbonyl (C=O) groups is 2. The zero-order valence-electron chi connectivity index (χ0n) is 16.9. The van der Waals surface area contributed by atoms with E-state index in [-0.39, 0.29) is 36.4 Å². The Morgan fingerprint density at radius 3 is 2.50 bits per heavy atom. The third-order valence-electron chi connectivity index (χ3n) is 4.69. The van der Waals surface area contributed by atoms with Crippen molar-refractivity contribution in [2.75, 3.05) is 26.7 Å². The number of aliphatic imine (C=N–C) groups is 1. The van der Waals surface area contributed by atoms with Crippen LogP contribution in [0.2, 0.25) is 0 Å². The van der Waals surface area contributed by atoms with Crippen molar-refractivity contribution in [3.8, 4) is 0 Å². The van der Waals surface area contributed by atoms with E-state index in [1.54, 1.807) is 12.1 Å². The molecule has 0 saturated carbocycles. The normalized spacial score (nSPS) is 16.6. The van der Waals surface area contributed by atoms with Crippen LogP contribution >= 0.6 is 24.0 Å². The molecule has 1 aromatic carbocycles. The van der Waals surface area contributed by atoms with Crippen molar-refractivity contribution in [3.05, 3.63) is 35.4 Å². The van der Waals surface area contributed by atoms with Crippen LogP contribution in [0.4, 0.5) is 0 Å². The topological polar surface area (TPSA) is 99.8 Å². The summed E-state index contributed by atoms with van der Waals surface area (Å²) in [6.45, 7) is 7.11. The molecule has 1 fully saturated rings. The van der Waals surface area contributed by atoms with Gasteiger partial charge >= 0.3 is 0 Å². The summed E-state index contributed by atoms with van der Waals surface area (Å²) in [4.78, 5) is 29.4. The third-order valence-corrected chi connectivity index (χ3v) is 4.69. The van der Waals surface area contributed by atoms with E-state index in [2.05, 4.69) is 34.4 Å². The van der Waals surface area contributed by atoms with Crippen molar-refractivity contribution in [3.63, 3.8) is 0 Å². The molecule has 2 amide bonds. The van der Waals surface area contributed by atoms with Gasteiger partial charge in [-0.15, -0.1) is 24.0 Å². The summed E-state index contributed by atoms with van der Waals surface area (Å²) in [6, 6.07) is 7.27. The lowest BCUT2D eigenvalue weighted by Crippen LogP contribution is -2.39. The van der Waals surface area contributed by atoms with Gasteiger partial charge < -0.3 is 21.3 Å². The molecule has 1 heterocycles. The first-order valence-corrected chi connectivity index (χ1v) is 9.50. The number of hydrogen-bond acceptors (Lipinski definition) is 3. The number of nitrogens with one attached hydrogen (secondary N) is 2. The fraction of sp³-hybridized carbons (Fsp3) is 0.550. The smallest absolute Gasteiger partial charge is 0.251 e. The first-order chi connectivity index (χ1) is 12.9. The minimum atomic E-state index is -0.562. The average Bonchev–Trinajstić information content (AvgIpc) is 3.08. The summed E-state index contributed by atoms with van der Waals surface area (Å²) < 4.78 is 0. The molecule has 0 radical (unpaired) electrons. The Bertz CT molecular complexity index is 676. The number of benzene rings is 1. The number of nitrogens with zero attached hydrogens (tertiary/aromatic N) is 2. The first kappa shape index (κ1) is 24.2. The van der Waals surface area contributed by atoms with Gasteiger partial charge in [0.1, 0.15) is 0 Å². The molecule has 1 aliphatic rings. The number of nitrogens with two attached hydrogens (primary N) is 1. The van der Waals surface area contributed by atoms with Gasteiger partial charge in [0.2, 0.25) is 5.91 Å². The van der Waals surface area contributed by atoms with Gasteiger partial charge in [-0.1, -0.05) is 26.0 Å². The van der Waals surface area contributed by atoms with Crippen LogP contribution in [0.1, 0.15) is 42.6 Å². The van der Waals surface area contributed by atoms with Crippen molar-refractivity contribution in [2.24, 2.45) is 22.6 Å². The predicted molar refractivity (Wildman–Crippen MR) is 123 cm³/mol. The molecule has 8 heteroatoms. The van der Waals surface area contributed by atoms with Crippen LogP contribution in [0.15, 0.2) is 29.3 Å². The lowest BCUT2D eigenvalue weighted by Gasteiger charge is -2.22. The van der Waals surface area contributed by atoms with Crippen LogP contribution in [0.3, 0.4) is 0 Å². The highest BCUT2D eigenvalue weighted by Crippen LogP contribution is 2.23. The van der Waals surface area contributed by atoms with E-state index in [0.717, 1.165) is 36.4 Å². The van der Waals surface area contributed by atoms with Crippen molar-refractivity contribution in [2.45, 2.75) is 33.2 Å². The van der Waals surface area contributed by atoms with Gasteiger partial charge in [0.05, 0.1) is 6.54 Å². The number of primary amides is 1. The molecule has 0 bridgehead atoms. The summed E-state index contributed by atoms with van der Waals surface area (Å²) >= 11 is 0. The van der Waals surface area contributed by atoms with Gasteiger partial charge in [-0.25, -0.2) is 0 Å². The average molecular weight is 501 g/mol. The van der Waals surface area contributed by atoms with E-state index in [1.165, 1.54) is 12.8 Å². The SMILES string of the molecule is CN=C(NCc1ccc(C(=O)NCC(N)=O)cc1)N1CCC(CC(C)C)C1.I. The Morgan fingerprint density at radius 1 is 1.25 bits per heavy atom. The fourth-order valence-corrected chi connectivity index (χ4v) is 3.44. The van der Waals surface area contributed by atoms with Gasteiger partial charge in [0.15, 0.2) is 5.96 Å². The summed E-state index contributed by atoms with van der Waals surface area (Å²) in [5.74, 6) is 1.51. The molecule has 7 nitrogen and oxygen atoms in total. The molecule has 0 spiro atoms. The lowest BCUT2D eigenvalue weighted by molar-refractivity contribution is -0.117. The Balaban J connectivity index is 0.00000392. The maximum atomic E-state index is 11.9. The standard InChI is InChI=1S/C20H31N5O2.HI/c1-14(2)10-16-8-9-25(13-16)20(22-3)24-11-15-4-6-17(7-5-15)19(27)23-12-18(21)26;/h4-7,14,16H,8-13H2,1-3H3,(H2,21,26)(H,22,24)(H,23,27);1H. The number of carbonyl (C=O) groups excluding carboxylic acids is 2. The van der Waals surface area contributed by atoms with Crippen LogP contribution in [-0.4, -0.2) is 49.4 Å². The molecule has 2 rings (SSSR count). The molecule has 4 N–H and O–H groups in total. The monoisotopic (exact) mass is 501 g/mol. The molecule has 1 atom stereocenters. The number of likely N-dealkylation sites (tertiary alicyclic amines) is 1. The number of amides is 2. The predicted octanol–water partition coefficient (Wildman–Crippen LogP) is 1.96. The maximum Gasteiger partial charge on any atom is 0.251 e. The minimum Gasteiger partial charge on any atom is -0.368 e. The highest BCUT2D eigenvalue weighted by atomic mass is 127. The summed E-state index contributed by atoms with van der Waals surface area (Å²) in [6.07, 6.45) is 2.47. The van der Waals surface area contributed by atoms with Crippen LogP contribution < -0.4 is 16.4 Å². The van der Waals surface area contributed by atoms with E-state index >= 15 is 0 Å². The van der Waals surface area contributed by atoms with Gasteiger partial charge in [-0.2, -0.15) is 0 Å². The number of guanidine groups is 1. The molecule has 28 heavy (non-hydrogen) atoms. The lowest BCUT2D eigenvalue weighted by atomic mass is 9.97. The zero-order valence-corrected chi connectivity index (χ0v) is 19.2. The third kappa shape index (κ3) is 7.65. The molecule has 1 saturated heterocycles. The second-order valence-electron chi connectivity index (χ2n) is 7.48. The molecule has 1 aromatic rings. The van der Waals surface area contributed by atoms with E-state index in [4.69, 9.17) is 5.73 Å². The van der Waals surface area contributed by atoms with Crippen LogP contribution in [0, 0.1) is 11.8 Å². The molecule has 1 unspecified atom stereocenters. The largest absolute Gasteiger partial charge is 0.368 e. The van der Waals surface area contributed by atoms with E-state index in [9.17, 15) is 9.59 Å². The Labute approximate surface area is 184 Å². The maximum absolute atomic E-state index is 11.9. The molecule has 0 aromatic heterocycles. The highest BCUT2D eigenvalue weighted by molar-refractivity contribution is 14.0. The van der Waals surface area contributed by atoms with Crippen LogP contribution in [0.5, 0.6) is 0 Å². The van der Waals surface area contributed by atoms with E-state index in [1.807, 2.05) is 19.2 Å². The first-order valence-electron chi connectivity index (χ1n) is 9.50. The van der Waals surface area contributed by atoms with E-state index < -0.39 is 5.91 Å². The Kier molecular flexibility index (Phi) is 10.3. The highest BCUT2D eigenvalue weighted by Gasteiger charge is 2.25. The second-order valence-corrected chi connectivity index (χ2v) is 7.48. The van der Waals surface area contributed by atoms with Crippen LogP contribution in [-0.2, 0) is 11.3 Å². The van der Waals surface area contributed by atoms with Crippen molar-refractivity contribution in [1.29, 1.82) is 0 Å². The van der Waals surface area contributed by atoms with Gasteiger partial charge in [-0.3, -0.25) is 14.6 Å². The minimum absolute atomic E-state index is 0. The molecule has 1 aliphatic heterocycles. The second kappa shape index (κ2) is 11.9. The molecular formula is C20H32IN5O2. The van der Waals surface area contributed by atoms with Gasteiger partial charge in [0, 0.05) is 32.2 Å². The number of rotatable bonds is 7. The van der Waals surface area contributed by atoms with Gasteiger partial charge in [-0.05, 0) is 42.4 Å². The quantitative estimate of drug-likeness (QED) is 0.302. The molecular weight excluding hydrogens is 469 g/mol. The zero-order chi connectivity index (χ0) is 19.8. The summed E-state index contributed by atoms with van der Waals surface area (Å²) in [5, 5.41) is 5.88. The van der Waals surface area contributed by atoms with Crippen molar-refractivity contribution >= 4 is 41.8 Å². The Morgan fingerprint density at radius 2 is 1.93 bits per heavy atom. The number of halogens is 1. The van der Waals surface area contributed by atoms with Gasteiger partial charge in [0.25, 0.3) is 5.91 Å². The van der Waals surface area contributed by atoms with Crippen molar-refractivity contribution < 1.29 is 9.59 Å². The summed E-state index contributed by atoms with van der Waals surface area (Å²) in [5.41, 5.74) is 6.59. The summed E-state index contributed by atoms with van der Waals surface area (Å²) in [7, 11) is 1.81. The van der Waals surface area contributed by atoms with Crippen molar-refractivity contribution in [1.82, 2.24) is 15.5 Å². The Hall–Kier alpha value is -1.84. The van der Waals surface area contributed by atoms with Crippen LogP contribution in [0.25, 0.3) is 0 Å². The number of hydrogen-bond donors (Lipinski definition) is 3. The molecule has 0 aliphatic carbocycles.